The third kappa shape index (κ3) is 3.70. The van der Waals surface area contributed by atoms with Crippen molar-refractivity contribution in [3.05, 3.63) is 0 Å². The number of carbonyl (C=O) groups excluding carboxylic acids is 2. The quantitative estimate of drug-likeness (QED) is 0.438. The summed E-state index contributed by atoms with van der Waals surface area (Å²) in [6.45, 7) is 4.81. The number of nitrogens with zero attached hydrogens (tertiary/aromatic N) is 2. The normalized spacial score (nSPS) is 9.92. The minimum Gasteiger partial charge on any atom is -0.337 e. The maximum absolute atomic E-state index is 11.0. The second kappa shape index (κ2) is 5.29. The summed E-state index contributed by atoms with van der Waals surface area (Å²) in [6.07, 6.45) is 1.34. The van der Waals surface area contributed by atoms with Crippen LogP contribution in [-0.2, 0) is 9.63 Å². The van der Waals surface area contributed by atoms with Gasteiger partial charge in [-0.3, -0.25) is 4.79 Å². The van der Waals surface area contributed by atoms with E-state index < -0.39 is 12.0 Å². The Morgan fingerprint density at radius 2 is 2.17 bits per heavy atom. The van der Waals surface area contributed by atoms with Crippen LogP contribution in [0.5, 0.6) is 0 Å². The van der Waals surface area contributed by atoms with E-state index in [1.165, 1.54) is 13.1 Å². The first-order valence-electron chi connectivity index (χ1n) is 3.60. The van der Waals surface area contributed by atoms with Gasteiger partial charge in [-0.1, -0.05) is 0 Å². The topological polar surface area (TPSA) is 59.0 Å². The number of hydrogen-bond acceptors (Lipinski definition) is 3. The van der Waals surface area contributed by atoms with Crippen molar-refractivity contribution in [2.75, 3.05) is 6.54 Å². The molecule has 5 nitrogen and oxygen atoms in total. The van der Waals surface area contributed by atoms with Crippen molar-refractivity contribution in [1.29, 1.82) is 0 Å². The molecule has 0 atom stereocenters. The van der Waals surface area contributed by atoms with Crippen molar-refractivity contribution in [1.82, 2.24) is 5.06 Å². The van der Waals surface area contributed by atoms with E-state index >= 15 is 0 Å². The van der Waals surface area contributed by atoms with Gasteiger partial charge < -0.3 is 4.84 Å². The number of carbonyl (C=O) groups is 2. The molecule has 0 aliphatic carbocycles. The van der Waals surface area contributed by atoms with E-state index in [0.29, 0.717) is 0 Å². The molecular weight excluding hydrogens is 160 g/mol. The highest BCUT2D eigenvalue weighted by molar-refractivity contribution is 5.83. The summed E-state index contributed by atoms with van der Waals surface area (Å²) in [5.74, 6) is -0.531. The maximum atomic E-state index is 11.0. The van der Waals surface area contributed by atoms with Crippen LogP contribution in [0.4, 0.5) is 4.79 Å². The van der Waals surface area contributed by atoms with Gasteiger partial charge in [0.15, 0.2) is 0 Å². The molecule has 12 heavy (non-hydrogen) atoms. The molecule has 0 unspecified atom stereocenters. The van der Waals surface area contributed by atoms with Gasteiger partial charge in [0.05, 0.1) is 6.54 Å². The first kappa shape index (κ1) is 10.6. The molecule has 0 radical (unpaired) electrons. The van der Waals surface area contributed by atoms with Crippen molar-refractivity contribution >= 4 is 18.2 Å². The molecule has 0 aromatic rings. The molecule has 0 aromatic carbocycles. The predicted molar refractivity (Wildman–Crippen MR) is 43.7 cm³/mol. The van der Waals surface area contributed by atoms with Gasteiger partial charge in [-0.15, -0.1) is 0 Å². The van der Waals surface area contributed by atoms with Gasteiger partial charge >= 0.3 is 12.0 Å². The van der Waals surface area contributed by atoms with E-state index in [1.807, 2.05) is 0 Å². The number of rotatable bonds is 1. The minimum atomic E-state index is -0.574. The molecule has 5 heteroatoms. The van der Waals surface area contributed by atoms with Gasteiger partial charge in [-0.05, 0) is 13.8 Å². The van der Waals surface area contributed by atoms with Crippen LogP contribution in [0.25, 0.3) is 0 Å². The molecule has 0 rings (SSSR count). The third-order valence-electron chi connectivity index (χ3n) is 0.979. The first-order chi connectivity index (χ1) is 5.61. The molecule has 0 fully saturated rings. The van der Waals surface area contributed by atoms with Crippen LogP contribution in [-0.4, -0.2) is 29.8 Å². The second-order valence-electron chi connectivity index (χ2n) is 1.95. The Morgan fingerprint density at radius 1 is 1.58 bits per heavy atom. The summed E-state index contributed by atoms with van der Waals surface area (Å²) in [7, 11) is 0. The van der Waals surface area contributed by atoms with Crippen LogP contribution in [0.1, 0.15) is 20.8 Å². The maximum Gasteiger partial charge on any atom is 0.376 e. The van der Waals surface area contributed by atoms with Crippen LogP contribution in [0.15, 0.2) is 4.99 Å². The molecule has 0 saturated carbocycles. The molecule has 0 aliphatic rings. The van der Waals surface area contributed by atoms with E-state index in [1.54, 1.807) is 13.8 Å². The summed E-state index contributed by atoms with van der Waals surface area (Å²) >= 11 is 0. The van der Waals surface area contributed by atoms with Crippen molar-refractivity contribution in [2.45, 2.75) is 20.8 Å². The van der Waals surface area contributed by atoms with Crippen LogP contribution >= 0.6 is 0 Å². The predicted octanol–water partition coefficient (Wildman–Crippen LogP) is 0.997. The smallest absolute Gasteiger partial charge is 0.337 e. The summed E-state index contributed by atoms with van der Waals surface area (Å²) < 4.78 is 0. The Morgan fingerprint density at radius 3 is 2.50 bits per heavy atom. The summed E-state index contributed by atoms with van der Waals surface area (Å²) in [5, 5.41) is 0.891. The molecule has 0 N–H and O–H groups in total. The van der Waals surface area contributed by atoms with Crippen LogP contribution < -0.4 is 0 Å². The van der Waals surface area contributed by atoms with Crippen molar-refractivity contribution in [3.8, 4) is 0 Å². The molecule has 2 amide bonds. The third-order valence-corrected chi connectivity index (χ3v) is 0.979. The second-order valence-corrected chi connectivity index (χ2v) is 1.95. The van der Waals surface area contributed by atoms with Crippen LogP contribution in [0, 0.1) is 0 Å². The van der Waals surface area contributed by atoms with E-state index in [0.717, 1.165) is 5.06 Å². The van der Waals surface area contributed by atoms with E-state index in [9.17, 15) is 9.59 Å². The van der Waals surface area contributed by atoms with Gasteiger partial charge in [0.25, 0.3) is 0 Å². The number of amides is 2. The monoisotopic (exact) mass is 172 g/mol. The van der Waals surface area contributed by atoms with E-state index in [-0.39, 0.29) is 6.54 Å². The highest BCUT2D eigenvalue weighted by Gasteiger charge is 2.12. The molecule has 68 valence electrons. The summed E-state index contributed by atoms with van der Waals surface area (Å²) in [5.41, 5.74) is 0. The zero-order valence-electron chi connectivity index (χ0n) is 7.40. The van der Waals surface area contributed by atoms with Gasteiger partial charge in [0.1, 0.15) is 0 Å². The zero-order valence-corrected chi connectivity index (χ0v) is 7.40. The van der Waals surface area contributed by atoms with Gasteiger partial charge in [-0.25, -0.2) is 9.79 Å². The van der Waals surface area contributed by atoms with Crippen LogP contribution in [0.2, 0.25) is 0 Å². The largest absolute Gasteiger partial charge is 0.376 e. The average Bonchev–Trinajstić information content (AvgIpc) is 2.00. The molecule has 0 aromatic heterocycles. The number of hydroxylamine groups is 2. The SMILES string of the molecule is CC=NC(=O)N(CC)OC(C)=O. The average molecular weight is 172 g/mol. The number of hydrogen-bond donors (Lipinski definition) is 0. The van der Waals surface area contributed by atoms with E-state index in [2.05, 4.69) is 9.83 Å². The highest BCUT2D eigenvalue weighted by atomic mass is 16.7. The zero-order chi connectivity index (χ0) is 9.56. The lowest BCUT2D eigenvalue weighted by Gasteiger charge is -2.14. The Bertz CT molecular complexity index is 201. The summed E-state index contributed by atoms with van der Waals surface area (Å²) in [6, 6.07) is -0.574. The van der Waals surface area contributed by atoms with Crippen LogP contribution in [0.3, 0.4) is 0 Å². The fraction of sp³-hybridized carbons (Fsp3) is 0.571. The van der Waals surface area contributed by atoms with Gasteiger partial charge in [0.2, 0.25) is 0 Å². The van der Waals surface area contributed by atoms with E-state index in [4.69, 9.17) is 0 Å². The molecule has 0 spiro atoms. The Hall–Kier alpha value is -1.39. The number of aliphatic imine (C=N–C) groups is 1. The minimum absolute atomic E-state index is 0.287. The Kier molecular flexibility index (Phi) is 4.67. The molecule has 0 aliphatic heterocycles. The van der Waals surface area contributed by atoms with Gasteiger partial charge in [-0.2, -0.15) is 5.06 Å². The lowest BCUT2D eigenvalue weighted by Crippen LogP contribution is -2.30. The fourth-order valence-corrected chi connectivity index (χ4v) is 0.569. The highest BCUT2D eigenvalue weighted by Crippen LogP contribution is 1.94. The van der Waals surface area contributed by atoms with Crippen molar-refractivity contribution in [2.24, 2.45) is 4.99 Å². The standard InChI is InChI=1S/C7H12N2O3/c1-4-8-7(11)9(5-2)12-6(3)10/h4H,5H2,1-3H3. The molecule has 0 heterocycles. The lowest BCUT2D eigenvalue weighted by atomic mass is 10.7. The fourth-order valence-electron chi connectivity index (χ4n) is 0.569. The lowest BCUT2D eigenvalue weighted by molar-refractivity contribution is -0.172. The summed E-state index contributed by atoms with van der Waals surface area (Å²) in [4.78, 5) is 29.4. The van der Waals surface area contributed by atoms with Crippen molar-refractivity contribution in [3.63, 3.8) is 0 Å². The first-order valence-corrected chi connectivity index (χ1v) is 3.60. The van der Waals surface area contributed by atoms with Gasteiger partial charge in [0, 0.05) is 13.1 Å². The molecule has 0 saturated heterocycles. The molecule has 0 bridgehead atoms. The van der Waals surface area contributed by atoms with Crippen molar-refractivity contribution < 1.29 is 14.4 Å². The Labute approximate surface area is 71.0 Å². The Balaban J connectivity index is 4.14. The molecular formula is C7H12N2O3. The number of urea groups is 1.